The summed E-state index contributed by atoms with van der Waals surface area (Å²) >= 11 is 0. The molecule has 2 N–H and O–H groups in total. The molecule has 0 aliphatic carbocycles. The Bertz CT molecular complexity index is 335. The molecular weight excluding hydrogens is 210 g/mol. The topological polar surface area (TPSA) is 79.7 Å². The third-order valence-corrected chi connectivity index (χ3v) is 2.42. The number of aliphatic hydroxyl groups is 2. The monoisotopic (exact) mass is 225 g/mol. The van der Waals surface area contributed by atoms with E-state index in [2.05, 4.69) is 4.98 Å². The number of ether oxygens (including phenoxy) is 1. The highest BCUT2D eigenvalue weighted by Gasteiger charge is 2.41. The second-order valence-electron chi connectivity index (χ2n) is 3.36. The number of esters is 1. The molecule has 0 saturated heterocycles. The zero-order valence-corrected chi connectivity index (χ0v) is 9.09. The van der Waals surface area contributed by atoms with E-state index in [9.17, 15) is 15.0 Å². The van der Waals surface area contributed by atoms with Crippen LogP contribution in [0.25, 0.3) is 0 Å². The molecule has 16 heavy (non-hydrogen) atoms. The second kappa shape index (κ2) is 5.58. The first-order valence-corrected chi connectivity index (χ1v) is 5.00. The largest absolute Gasteiger partial charge is 0.465 e. The molecule has 0 bridgehead atoms. The van der Waals surface area contributed by atoms with Gasteiger partial charge in [-0.25, -0.2) is 0 Å². The molecular formula is C11H15NO4. The van der Waals surface area contributed by atoms with Crippen molar-refractivity contribution in [1.82, 2.24) is 4.98 Å². The molecule has 0 aliphatic heterocycles. The summed E-state index contributed by atoms with van der Waals surface area (Å²) in [7, 11) is 0. The lowest BCUT2D eigenvalue weighted by Crippen LogP contribution is -2.44. The number of hydrogen-bond acceptors (Lipinski definition) is 5. The summed E-state index contributed by atoms with van der Waals surface area (Å²) in [6, 6.07) is 3.25. The summed E-state index contributed by atoms with van der Waals surface area (Å²) in [5.41, 5.74) is -0.983. The number of carbonyl (C=O) groups is 1. The Hall–Kier alpha value is -1.46. The minimum atomic E-state index is -1.43. The van der Waals surface area contributed by atoms with Gasteiger partial charge in [-0.05, 0) is 18.6 Å². The normalized spacial score (nSPS) is 11.2. The van der Waals surface area contributed by atoms with Gasteiger partial charge in [-0.2, -0.15) is 0 Å². The Morgan fingerprint density at radius 2 is 2.19 bits per heavy atom. The van der Waals surface area contributed by atoms with E-state index in [1.54, 1.807) is 25.3 Å². The lowest BCUT2D eigenvalue weighted by molar-refractivity contribution is -0.154. The third-order valence-electron chi connectivity index (χ3n) is 2.42. The van der Waals surface area contributed by atoms with Crippen molar-refractivity contribution in [3.05, 3.63) is 30.1 Å². The molecule has 0 spiro atoms. The predicted molar refractivity (Wildman–Crippen MR) is 56.7 cm³/mol. The van der Waals surface area contributed by atoms with Crippen LogP contribution in [-0.4, -0.2) is 41.0 Å². The molecule has 1 heterocycles. The molecule has 0 fully saturated rings. The molecule has 1 aromatic rings. The van der Waals surface area contributed by atoms with Gasteiger partial charge in [0.25, 0.3) is 0 Å². The number of pyridine rings is 1. The van der Waals surface area contributed by atoms with Crippen LogP contribution >= 0.6 is 0 Å². The molecule has 1 rings (SSSR count). The Labute approximate surface area is 93.7 Å². The maximum atomic E-state index is 11.8. The number of nitrogens with zero attached hydrogens (tertiary/aromatic N) is 1. The number of aromatic nitrogens is 1. The van der Waals surface area contributed by atoms with Crippen LogP contribution < -0.4 is 0 Å². The van der Waals surface area contributed by atoms with Crippen molar-refractivity contribution >= 4 is 5.97 Å². The Balaban J connectivity index is 3.10. The van der Waals surface area contributed by atoms with Crippen LogP contribution in [0.2, 0.25) is 0 Å². The van der Waals surface area contributed by atoms with Crippen LogP contribution in [0.3, 0.4) is 0 Å². The highest BCUT2D eigenvalue weighted by Crippen LogP contribution is 2.24. The van der Waals surface area contributed by atoms with Crippen molar-refractivity contribution in [2.75, 3.05) is 19.8 Å². The molecule has 0 saturated carbocycles. The predicted octanol–water partition coefficient (Wildman–Crippen LogP) is -0.133. The van der Waals surface area contributed by atoms with Crippen LogP contribution in [0.4, 0.5) is 0 Å². The van der Waals surface area contributed by atoms with Gasteiger partial charge in [-0.1, -0.05) is 6.07 Å². The number of carbonyl (C=O) groups excluding carboxylic acids is 1. The van der Waals surface area contributed by atoms with Crippen molar-refractivity contribution in [3.63, 3.8) is 0 Å². The molecule has 1 aromatic heterocycles. The summed E-state index contributed by atoms with van der Waals surface area (Å²) < 4.78 is 4.86. The molecule has 0 aliphatic rings. The average Bonchev–Trinajstić information content (AvgIpc) is 2.33. The summed E-state index contributed by atoms with van der Waals surface area (Å²) in [4.78, 5) is 15.6. The fourth-order valence-electron chi connectivity index (χ4n) is 1.39. The minimum Gasteiger partial charge on any atom is -0.465 e. The summed E-state index contributed by atoms with van der Waals surface area (Å²) in [5, 5.41) is 18.7. The van der Waals surface area contributed by atoms with Crippen LogP contribution in [0, 0.1) is 0 Å². The van der Waals surface area contributed by atoms with Crippen LogP contribution in [-0.2, 0) is 14.9 Å². The first-order chi connectivity index (χ1) is 7.71. The van der Waals surface area contributed by atoms with Gasteiger partial charge in [0, 0.05) is 12.4 Å². The number of hydrogen-bond donors (Lipinski definition) is 2. The average molecular weight is 225 g/mol. The first-order valence-electron chi connectivity index (χ1n) is 5.00. The fourth-order valence-corrected chi connectivity index (χ4v) is 1.39. The lowest BCUT2D eigenvalue weighted by Gasteiger charge is -2.27. The van der Waals surface area contributed by atoms with E-state index < -0.39 is 24.6 Å². The van der Waals surface area contributed by atoms with Crippen molar-refractivity contribution in [2.24, 2.45) is 0 Å². The van der Waals surface area contributed by atoms with Gasteiger partial charge in [0.15, 0.2) is 0 Å². The van der Waals surface area contributed by atoms with E-state index in [0.717, 1.165) is 0 Å². The van der Waals surface area contributed by atoms with Gasteiger partial charge >= 0.3 is 5.97 Å². The van der Waals surface area contributed by atoms with E-state index in [4.69, 9.17) is 4.74 Å². The van der Waals surface area contributed by atoms with Crippen molar-refractivity contribution < 1.29 is 19.7 Å². The van der Waals surface area contributed by atoms with E-state index in [-0.39, 0.29) is 6.61 Å². The standard InChI is InChI=1S/C11H15NO4/c1-2-16-10(15)11(7-13,8-14)9-4-3-5-12-6-9/h3-6,13-14H,2,7-8H2,1H3. The Morgan fingerprint density at radius 1 is 1.50 bits per heavy atom. The SMILES string of the molecule is CCOC(=O)C(CO)(CO)c1cccnc1. The highest BCUT2D eigenvalue weighted by atomic mass is 16.5. The zero-order chi connectivity index (χ0) is 12.0. The summed E-state index contributed by atoms with van der Waals surface area (Å²) in [5.74, 6) is -0.645. The van der Waals surface area contributed by atoms with Crippen molar-refractivity contribution in [2.45, 2.75) is 12.3 Å². The van der Waals surface area contributed by atoms with Gasteiger partial charge in [-0.15, -0.1) is 0 Å². The van der Waals surface area contributed by atoms with Gasteiger partial charge in [-0.3, -0.25) is 9.78 Å². The minimum absolute atomic E-state index is 0.195. The lowest BCUT2D eigenvalue weighted by atomic mass is 9.83. The Kier molecular flexibility index (Phi) is 4.39. The van der Waals surface area contributed by atoms with Crippen LogP contribution in [0.15, 0.2) is 24.5 Å². The fraction of sp³-hybridized carbons (Fsp3) is 0.455. The second-order valence-corrected chi connectivity index (χ2v) is 3.36. The molecule has 0 atom stereocenters. The van der Waals surface area contributed by atoms with Crippen molar-refractivity contribution in [1.29, 1.82) is 0 Å². The smallest absolute Gasteiger partial charge is 0.321 e. The number of rotatable bonds is 5. The maximum absolute atomic E-state index is 11.8. The molecule has 0 unspecified atom stereocenters. The van der Waals surface area contributed by atoms with Gasteiger partial charge in [0.05, 0.1) is 19.8 Å². The third kappa shape index (κ3) is 2.20. The molecule has 88 valence electrons. The summed E-state index contributed by atoms with van der Waals surface area (Å²) in [6.45, 7) is 0.823. The zero-order valence-electron chi connectivity index (χ0n) is 9.09. The van der Waals surface area contributed by atoms with Gasteiger partial charge in [0.1, 0.15) is 5.41 Å². The van der Waals surface area contributed by atoms with Gasteiger partial charge in [0.2, 0.25) is 0 Å². The maximum Gasteiger partial charge on any atom is 0.321 e. The van der Waals surface area contributed by atoms with E-state index in [0.29, 0.717) is 5.56 Å². The Morgan fingerprint density at radius 3 is 2.62 bits per heavy atom. The molecule has 0 amide bonds. The van der Waals surface area contributed by atoms with E-state index in [1.807, 2.05) is 0 Å². The van der Waals surface area contributed by atoms with Crippen molar-refractivity contribution in [3.8, 4) is 0 Å². The van der Waals surface area contributed by atoms with Gasteiger partial charge < -0.3 is 14.9 Å². The molecule has 0 aromatic carbocycles. The summed E-state index contributed by atoms with van der Waals surface area (Å²) in [6.07, 6.45) is 2.98. The molecule has 5 nitrogen and oxygen atoms in total. The van der Waals surface area contributed by atoms with E-state index in [1.165, 1.54) is 6.20 Å². The first kappa shape index (κ1) is 12.6. The molecule has 5 heteroatoms. The number of aliphatic hydroxyl groups excluding tert-OH is 2. The highest BCUT2D eigenvalue weighted by molar-refractivity contribution is 5.83. The van der Waals surface area contributed by atoms with Crippen LogP contribution in [0.5, 0.6) is 0 Å². The molecule has 0 radical (unpaired) electrons. The van der Waals surface area contributed by atoms with E-state index >= 15 is 0 Å². The quantitative estimate of drug-likeness (QED) is 0.682. The van der Waals surface area contributed by atoms with Crippen LogP contribution in [0.1, 0.15) is 12.5 Å².